The number of hydrogen-bond donors (Lipinski definition) is 1. The molecule has 2 rings (SSSR count). The molecule has 1 N–H and O–H groups in total. The number of ether oxygens (including phenoxy) is 1. The highest BCUT2D eigenvalue weighted by Gasteiger charge is 2.21. The van der Waals surface area contributed by atoms with Gasteiger partial charge in [-0.2, -0.15) is 0 Å². The molecule has 0 bridgehead atoms. The van der Waals surface area contributed by atoms with Crippen molar-refractivity contribution in [3.63, 3.8) is 0 Å². The number of nitrogens with one attached hydrogen (secondary N) is 1. The van der Waals surface area contributed by atoms with Crippen molar-refractivity contribution in [2.75, 3.05) is 6.26 Å². The maximum atomic E-state index is 12.9. The number of carbonyl (C=O) groups excluding carboxylic acids is 1. The van der Waals surface area contributed by atoms with E-state index in [1.807, 2.05) is 72.1 Å². The number of rotatable bonds is 7. The zero-order valence-electron chi connectivity index (χ0n) is 17.2. The molecule has 0 spiro atoms. The maximum Gasteiger partial charge on any atom is 0.256 e. The van der Waals surface area contributed by atoms with Crippen LogP contribution in [0, 0.1) is 6.92 Å². The fourth-order valence-corrected chi connectivity index (χ4v) is 3.32. The minimum Gasteiger partial charge on any atom is -0.491 e. The number of benzene rings is 1. The molecule has 1 aromatic carbocycles. The van der Waals surface area contributed by atoms with Crippen molar-refractivity contribution < 1.29 is 9.53 Å². The first-order valence-electron chi connectivity index (χ1n) is 9.22. The fraction of sp³-hybridized carbons (Fsp3) is 0.476. The Morgan fingerprint density at radius 1 is 1.07 bits per heavy atom. The van der Waals surface area contributed by atoms with Crippen LogP contribution < -0.4 is 10.1 Å². The Morgan fingerprint density at radius 3 is 2.22 bits per heavy atom. The number of nitrogens with zero attached hydrogens (tertiary/aromatic N) is 2. The van der Waals surface area contributed by atoms with E-state index in [-0.39, 0.29) is 24.0 Å². The molecule has 0 aliphatic heterocycles. The molecule has 6 heteroatoms. The van der Waals surface area contributed by atoms with Crippen molar-refractivity contribution in [3.8, 4) is 5.75 Å². The van der Waals surface area contributed by atoms with Crippen LogP contribution in [0.5, 0.6) is 5.75 Å². The monoisotopic (exact) mass is 387 g/mol. The summed E-state index contributed by atoms with van der Waals surface area (Å²) in [7, 11) is 0. The normalized spacial score (nSPS) is 12.3. The molecule has 146 valence electrons. The zero-order valence-corrected chi connectivity index (χ0v) is 18.0. The highest BCUT2D eigenvalue weighted by molar-refractivity contribution is 7.98. The smallest absolute Gasteiger partial charge is 0.256 e. The molecule has 1 atom stereocenters. The lowest BCUT2D eigenvalue weighted by Gasteiger charge is -2.18. The summed E-state index contributed by atoms with van der Waals surface area (Å²) in [4.78, 5) is 22.0. The van der Waals surface area contributed by atoms with Gasteiger partial charge in [0.05, 0.1) is 23.4 Å². The van der Waals surface area contributed by atoms with E-state index in [1.54, 1.807) is 0 Å². The summed E-state index contributed by atoms with van der Waals surface area (Å²) in [5, 5.41) is 3.78. The van der Waals surface area contributed by atoms with Gasteiger partial charge in [0.2, 0.25) is 0 Å². The number of carbonyl (C=O) groups is 1. The Labute approximate surface area is 166 Å². The van der Waals surface area contributed by atoms with E-state index in [1.165, 1.54) is 11.8 Å². The Morgan fingerprint density at radius 2 is 1.70 bits per heavy atom. The molecule has 1 heterocycles. The van der Waals surface area contributed by atoms with Crippen LogP contribution in [0.4, 0.5) is 0 Å². The second-order valence-electron chi connectivity index (χ2n) is 7.14. The van der Waals surface area contributed by atoms with Gasteiger partial charge in [-0.1, -0.05) is 26.0 Å². The minimum atomic E-state index is -0.151. The van der Waals surface area contributed by atoms with Gasteiger partial charge in [-0.05, 0) is 51.6 Å². The summed E-state index contributed by atoms with van der Waals surface area (Å²) in [5.74, 6) is 1.66. The summed E-state index contributed by atoms with van der Waals surface area (Å²) < 4.78 is 5.67. The number of aryl methyl sites for hydroxylation is 1. The molecule has 2 aromatic rings. The Kier molecular flexibility index (Phi) is 7.25. The number of hydrogen-bond acceptors (Lipinski definition) is 5. The Bertz CT molecular complexity index is 789. The van der Waals surface area contributed by atoms with Gasteiger partial charge in [-0.3, -0.25) is 4.79 Å². The largest absolute Gasteiger partial charge is 0.491 e. The Hall–Kier alpha value is -2.08. The molecule has 0 saturated heterocycles. The first-order chi connectivity index (χ1) is 12.7. The van der Waals surface area contributed by atoms with Crippen molar-refractivity contribution in [2.24, 2.45) is 0 Å². The number of aromatic nitrogens is 2. The molecule has 0 aliphatic carbocycles. The molecule has 0 radical (unpaired) electrons. The predicted octanol–water partition coefficient (Wildman–Crippen LogP) is 4.91. The molecule has 5 nitrogen and oxygen atoms in total. The summed E-state index contributed by atoms with van der Waals surface area (Å²) in [6.45, 7) is 11.9. The van der Waals surface area contributed by atoms with E-state index in [9.17, 15) is 4.79 Å². The standard InChI is InChI=1S/C21H29N3O2S/c1-12(2)19-22-15(6)18(21(24-19)27-7)20(25)23-14(5)16-8-10-17(11-9-16)26-13(3)4/h8-14H,1-7H3,(H,23,25). The van der Waals surface area contributed by atoms with Crippen molar-refractivity contribution in [1.82, 2.24) is 15.3 Å². The van der Waals surface area contributed by atoms with Crippen LogP contribution in [-0.2, 0) is 0 Å². The first kappa shape index (κ1) is 21.2. The third-order valence-corrected chi connectivity index (χ3v) is 4.79. The molecule has 0 saturated carbocycles. The van der Waals surface area contributed by atoms with Crippen molar-refractivity contribution in [3.05, 3.63) is 46.9 Å². The summed E-state index contributed by atoms with van der Waals surface area (Å²) in [5.41, 5.74) is 2.28. The van der Waals surface area contributed by atoms with Crippen molar-refractivity contribution in [2.45, 2.75) is 64.6 Å². The zero-order chi connectivity index (χ0) is 20.1. The van der Waals surface area contributed by atoms with Crippen LogP contribution in [0.3, 0.4) is 0 Å². The van der Waals surface area contributed by atoms with Gasteiger partial charge in [0.25, 0.3) is 5.91 Å². The lowest BCUT2D eigenvalue weighted by molar-refractivity contribution is 0.0935. The summed E-state index contributed by atoms with van der Waals surface area (Å²) in [6.07, 6.45) is 2.06. The van der Waals surface area contributed by atoms with E-state index in [4.69, 9.17) is 4.74 Å². The highest BCUT2D eigenvalue weighted by Crippen LogP contribution is 2.24. The lowest BCUT2D eigenvalue weighted by atomic mass is 10.1. The van der Waals surface area contributed by atoms with Crippen LogP contribution in [0.1, 0.15) is 74.0 Å². The van der Waals surface area contributed by atoms with Gasteiger partial charge in [-0.25, -0.2) is 9.97 Å². The van der Waals surface area contributed by atoms with E-state index in [0.29, 0.717) is 11.3 Å². The van der Waals surface area contributed by atoms with E-state index in [2.05, 4.69) is 15.3 Å². The lowest BCUT2D eigenvalue weighted by Crippen LogP contribution is -2.28. The van der Waals surface area contributed by atoms with E-state index in [0.717, 1.165) is 22.2 Å². The fourth-order valence-electron chi connectivity index (χ4n) is 2.69. The first-order valence-corrected chi connectivity index (χ1v) is 10.4. The third kappa shape index (κ3) is 5.45. The Balaban J connectivity index is 2.19. The third-order valence-electron chi connectivity index (χ3n) is 4.11. The molecule has 1 aromatic heterocycles. The SMILES string of the molecule is CSc1nc(C(C)C)nc(C)c1C(=O)NC(C)c1ccc(OC(C)C)cc1. The minimum absolute atomic E-state index is 0.134. The van der Waals surface area contributed by atoms with Gasteiger partial charge in [0.15, 0.2) is 0 Å². The molecular weight excluding hydrogens is 358 g/mol. The average molecular weight is 388 g/mol. The van der Waals surface area contributed by atoms with Crippen molar-refractivity contribution >= 4 is 17.7 Å². The van der Waals surface area contributed by atoms with Gasteiger partial charge >= 0.3 is 0 Å². The van der Waals surface area contributed by atoms with Crippen LogP contribution in [0.2, 0.25) is 0 Å². The van der Waals surface area contributed by atoms with Gasteiger partial charge in [-0.15, -0.1) is 11.8 Å². The molecule has 27 heavy (non-hydrogen) atoms. The van der Waals surface area contributed by atoms with Gasteiger partial charge in [0.1, 0.15) is 16.6 Å². The average Bonchev–Trinajstić information content (AvgIpc) is 2.60. The predicted molar refractivity (Wildman–Crippen MR) is 111 cm³/mol. The summed E-state index contributed by atoms with van der Waals surface area (Å²) in [6, 6.07) is 7.67. The molecule has 1 unspecified atom stereocenters. The molecule has 0 aliphatic rings. The quantitative estimate of drug-likeness (QED) is 0.540. The molecular formula is C21H29N3O2S. The molecule has 0 fully saturated rings. The van der Waals surface area contributed by atoms with Crippen LogP contribution in [-0.4, -0.2) is 28.2 Å². The summed E-state index contributed by atoms with van der Waals surface area (Å²) >= 11 is 1.47. The maximum absolute atomic E-state index is 12.9. The second kappa shape index (κ2) is 9.22. The highest BCUT2D eigenvalue weighted by atomic mass is 32.2. The topological polar surface area (TPSA) is 64.1 Å². The number of amides is 1. The van der Waals surface area contributed by atoms with Gasteiger partial charge in [0, 0.05) is 5.92 Å². The van der Waals surface area contributed by atoms with E-state index >= 15 is 0 Å². The molecule has 1 amide bonds. The van der Waals surface area contributed by atoms with Crippen LogP contribution in [0.15, 0.2) is 29.3 Å². The van der Waals surface area contributed by atoms with Crippen molar-refractivity contribution in [1.29, 1.82) is 0 Å². The van der Waals surface area contributed by atoms with Gasteiger partial charge < -0.3 is 10.1 Å². The second-order valence-corrected chi connectivity index (χ2v) is 7.93. The van der Waals surface area contributed by atoms with E-state index < -0.39 is 0 Å². The number of thioether (sulfide) groups is 1. The van der Waals surface area contributed by atoms with Crippen LogP contribution >= 0.6 is 11.8 Å². The van der Waals surface area contributed by atoms with Crippen LogP contribution in [0.25, 0.3) is 0 Å².